The number of hydrogen-bond donors (Lipinski definition) is 1. The van der Waals surface area contributed by atoms with Gasteiger partial charge in [0.05, 0.1) is 13.9 Å². The van der Waals surface area contributed by atoms with Gasteiger partial charge in [-0.3, -0.25) is 19.3 Å². The van der Waals surface area contributed by atoms with Crippen molar-refractivity contribution in [2.24, 2.45) is 5.73 Å². The van der Waals surface area contributed by atoms with Crippen molar-refractivity contribution in [3.8, 4) is 5.75 Å². The van der Waals surface area contributed by atoms with E-state index in [-0.39, 0.29) is 4.91 Å². The van der Waals surface area contributed by atoms with Crippen molar-refractivity contribution in [3.63, 3.8) is 0 Å². The maximum atomic E-state index is 12.3. The normalized spacial score (nSPS) is 15.3. The van der Waals surface area contributed by atoms with Crippen molar-refractivity contribution >= 4 is 78.4 Å². The van der Waals surface area contributed by atoms with E-state index in [9.17, 15) is 14.4 Å². The minimum atomic E-state index is -0.749. The molecule has 0 atom stereocenters. The van der Waals surface area contributed by atoms with E-state index in [1.54, 1.807) is 30.3 Å². The molecular formula is C19H13Br2ClN2O4S. The van der Waals surface area contributed by atoms with Gasteiger partial charge in [0.1, 0.15) is 18.9 Å². The molecule has 0 bridgehead atoms. The van der Waals surface area contributed by atoms with E-state index in [2.05, 4.69) is 31.9 Å². The molecule has 0 aromatic heterocycles. The van der Waals surface area contributed by atoms with Crippen LogP contribution in [-0.4, -0.2) is 28.5 Å². The third kappa shape index (κ3) is 5.42. The second kappa shape index (κ2) is 9.34. The van der Waals surface area contributed by atoms with Gasteiger partial charge in [0, 0.05) is 5.02 Å². The molecule has 2 aromatic rings. The van der Waals surface area contributed by atoms with Crippen molar-refractivity contribution in [2.45, 2.75) is 6.61 Å². The number of imide groups is 1. The molecule has 10 heteroatoms. The summed E-state index contributed by atoms with van der Waals surface area (Å²) < 4.78 is 7.21. The van der Waals surface area contributed by atoms with Crippen LogP contribution in [0.15, 0.2) is 50.2 Å². The minimum Gasteiger partial charge on any atom is -0.487 e. The molecule has 3 amide bonds. The summed E-state index contributed by atoms with van der Waals surface area (Å²) in [6, 6.07) is 10.9. The van der Waals surface area contributed by atoms with Crippen molar-refractivity contribution < 1.29 is 19.1 Å². The molecule has 0 spiro atoms. The van der Waals surface area contributed by atoms with E-state index in [1.807, 2.05) is 12.1 Å². The average Bonchev–Trinajstić information content (AvgIpc) is 2.89. The molecule has 1 saturated heterocycles. The van der Waals surface area contributed by atoms with Gasteiger partial charge in [0.2, 0.25) is 5.91 Å². The molecule has 3 rings (SSSR count). The maximum absolute atomic E-state index is 12.3. The molecule has 1 fully saturated rings. The van der Waals surface area contributed by atoms with Crippen LogP contribution in [0.25, 0.3) is 6.08 Å². The molecule has 0 aliphatic carbocycles. The van der Waals surface area contributed by atoms with Gasteiger partial charge in [-0.15, -0.1) is 0 Å². The van der Waals surface area contributed by atoms with E-state index in [1.165, 1.54) is 0 Å². The maximum Gasteiger partial charge on any atom is 0.294 e. The highest BCUT2D eigenvalue weighted by atomic mass is 79.9. The lowest BCUT2D eigenvalue weighted by molar-refractivity contribution is -0.127. The van der Waals surface area contributed by atoms with Crippen LogP contribution in [0.4, 0.5) is 4.79 Å². The molecule has 6 nitrogen and oxygen atoms in total. The Morgan fingerprint density at radius 3 is 2.38 bits per heavy atom. The molecule has 29 heavy (non-hydrogen) atoms. The second-order valence-electron chi connectivity index (χ2n) is 5.96. The van der Waals surface area contributed by atoms with Crippen LogP contribution < -0.4 is 10.5 Å². The highest BCUT2D eigenvalue weighted by Crippen LogP contribution is 2.38. The number of thioether (sulfide) groups is 1. The molecule has 0 saturated carbocycles. The van der Waals surface area contributed by atoms with Crippen LogP contribution >= 0.6 is 55.2 Å². The number of rotatable bonds is 6. The van der Waals surface area contributed by atoms with E-state index >= 15 is 0 Å². The van der Waals surface area contributed by atoms with Crippen molar-refractivity contribution in [1.82, 2.24) is 4.90 Å². The summed E-state index contributed by atoms with van der Waals surface area (Å²) in [5, 5.41) is 0.127. The molecule has 0 unspecified atom stereocenters. The quantitative estimate of drug-likeness (QED) is 0.505. The smallest absolute Gasteiger partial charge is 0.294 e. The first-order valence-corrected chi connectivity index (χ1v) is 10.9. The van der Waals surface area contributed by atoms with Crippen LogP contribution in [0.1, 0.15) is 11.1 Å². The Kier molecular flexibility index (Phi) is 7.05. The molecule has 0 radical (unpaired) electrons. The van der Waals surface area contributed by atoms with Crippen LogP contribution in [0, 0.1) is 0 Å². The Morgan fingerprint density at radius 2 is 1.79 bits per heavy atom. The van der Waals surface area contributed by atoms with Gasteiger partial charge in [0.25, 0.3) is 11.1 Å². The summed E-state index contributed by atoms with van der Waals surface area (Å²) in [4.78, 5) is 36.3. The fourth-order valence-corrected chi connectivity index (χ4v) is 4.90. The number of hydrogen-bond acceptors (Lipinski definition) is 5. The third-order valence-electron chi connectivity index (χ3n) is 3.80. The van der Waals surface area contributed by atoms with Gasteiger partial charge in [-0.25, -0.2) is 0 Å². The summed E-state index contributed by atoms with van der Waals surface area (Å²) in [7, 11) is 0. The Hall–Kier alpha value is -1.81. The number of primary amides is 1. The van der Waals surface area contributed by atoms with E-state index in [4.69, 9.17) is 22.1 Å². The van der Waals surface area contributed by atoms with Gasteiger partial charge >= 0.3 is 0 Å². The fourth-order valence-electron chi connectivity index (χ4n) is 2.48. The van der Waals surface area contributed by atoms with E-state index in [0.717, 1.165) is 22.2 Å². The van der Waals surface area contributed by atoms with Crippen molar-refractivity contribution in [3.05, 3.63) is 66.4 Å². The zero-order valence-electron chi connectivity index (χ0n) is 14.7. The SMILES string of the molecule is NC(=O)CN1C(=O)S/C(=C\c2cc(Br)c(OCc3ccc(Cl)cc3)c(Br)c2)C1=O. The molecule has 150 valence electrons. The predicted octanol–water partition coefficient (Wildman–Crippen LogP) is 4.97. The first-order valence-electron chi connectivity index (χ1n) is 8.14. The summed E-state index contributed by atoms with van der Waals surface area (Å²) in [6.07, 6.45) is 1.57. The van der Waals surface area contributed by atoms with Crippen LogP contribution in [0.2, 0.25) is 5.02 Å². The number of benzene rings is 2. The van der Waals surface area contributed by atoms with Gasteiger partial charge in [-0.05, 0) is 85.1 Å². The highest BCUT2D eigenvalue weighted by molar-refractivity contribution is 9.11. The lowest BCUT2D eigenvalue weighted by Gasteiger charge is -2.12. The summed E-state index contributed by atoms with van der Waals surface area (Å²) in [5.74, 6) is -0.700. The van der Waals surface area contributed by atoms with Gasteiger partial charge in [-0.2, -0.15) is 0 Å². The number of nitrogens with two attached hydrogens (primary N) is 1. The summed E-state index contributed by atoms with van der Waals surface area (Å²) in [5.41, 5.74) is 6.71. The molecular weight excluding hydrogens is 548 g/mol. The van der Waals surface area contributed by atoms with Gasteiger partial charge in [-0.1, -0.05) is 23.7 Å². The van der Waals surface area contributed by atoms with Crippen molar-refractivity contribution in [1.29, 1.82) is 0 Å². The topological polar surface area (TPSA) is 89.7 Å². The Morgan fingerprint density at radius 1 is 1.17 bits per heavy atom. The molecule has 1 heterocycles. The summed E-state index contributed by atoms with van der Waals surface area (Å²) >= 11 is 13.6. The first kappa shape index (κ1) is 21.9. The van der Waals surface area contributed by atoms with E-state index in [0.29, 0.717) is 31.9 Å². The molecule has 1 aliphatic heterocycles. The summed E-state index contributed by atoms with van der Waals surface area (Å²) in [6.45, 7) is -0.0907. The van der Waals surface area contributed by atoms with Gasteiger partial charge < -0.3 is 10.5 Å². The number of carbonyl (C=O) groups is 3. The number of nitrogens with zero attached hydrogens (tertiary/aromatic N) is 1. The van der Waals surface area contributed by atoms with Gasteiger partial charge in [0.15, 0.2) is 0 Å². The Labute approximate surface area is 192 Å². The van der Waals surface area contributed by atoms with Crippen LogP contribution in [0.5, 0.6) is 5.75 Å². The predicted molar refractivity (Wildman–Crippen MR) is 119 cm³/mol. The fraction of sp³-hybridized carbons (Fsp3) is 0.105. The zero-order valence-corrected chi connectivity index (χ0v) is 19.4. The monoisotopic (exact) mass is 558 g/mol. The molecule has 2 aromatic carbocycles. The van der Waals surface area contributed by atoms with Crippen molar-refractivity contribution in [2.75, 3.05) is 6.54 Å². The first-order chi connectivity index (χ1) is 13.7. The number of carbonyl (C=O) groups excluding carboxylic acids is 3. The molecule has 1 aliphatic rings. The lowest BCUT2D eigenvalue weighted by Crippen LogP contribution is -2.36. The number of halogens is 3. The lowest BCUT2D eigenvalue weighted by atomic mass is 10.2. The Balaban J connectivity index is 1.77. The van der Waals surface area contributed by atoms with Crippen LogP contribution in [0.3, 0.4) is 0 Å². The number of amides is 3. The Bertz CT molecular complexity index is 1000. The second-order valence-corrected chi connectivity index (χ2v) is 9.10. The molecule has 2 N–H and O–H groups in total. The number of ether oxygens (including phenoxy) is 1. The minimum absolute atomic E-state index is 0.213. The van der Waals surface area contributed by atoms with E-state index < -0.39 is 23.6 Å². The van der Waals surface area contributed by atoms with Crippen LogP contribution in [-0.2, 0) is 16.2 Å². The standard InChI is InChI=1S/C19H13Br2ClN2O4S/c20-13-5-11(7-15-18(26)24(8-16(23)25)19(27)29-15)6-14(21)17(13)28-9-10-1-3-12(22)4-2-10/h1-7H,8-9H2,(H2,23,25)/b15-7-. The average molecular weight is 561 g/mol. The largest absolute Gasteiger partial charge is 0.487 e. The third-order valence-corrected chi connectivity index (χ3v) is 6.14. The zero-order chi connectivity index (χ0) is 21.1. The highest BCUT2D eigenvalue weighted by Gasteiger charge is 2.35.